The van der Waals surface area contributed by atoms with Crippen LogP contribution >= 0.6 is 0 Å². The number of nitrogens with one attached hydrogen (secondary N) is 1. The van der Waals surface area contributed by atoms with E-state index in [4.69, 9.17) is 4.74 Å². The van der Waals surface area contributed by atoms with Crippen molar-refractivity contribution in [3.8, 4) is 0 Å². The molecule has 0 aromatic heterocycles. The minimum atomic E-state index is -3.60. The topological polar surface area (TPSA) is 58.6 Å². The summed E-state index contributed by atoms with van der Waals surface area (Å²) in [4.78, 5) is 0.382. The first-order valence-electron chi connectivity index (χ1n) is 9.46. The van der Waals surface area contributed by atoms with E-state index in [0.717, 1.165) is 55.0 Å². The molecule has 1 aliphatic rings. The van der Waals surface area contributed by atoms with Crippen LogP contribution in [0.1, 0.15) is 42.5 Å². The number of rotatable bonds is 7. The van der Waals surface area contributed by atoms with Gasteiger partial charge in [0, 0.05) is 20.3 Å². The molecule has 1 unspecified atom stereocenters. The van der Waals surface area contributed by atoms with E-state index >= 15 is 0 Å². The molecule has 0 spiro atoms. The molecular weight excluding hydrogens is 360 g/mol. The van der Waals surface area contributed by atoms with E-state index in [1.54, 1.807) is 13.1 Å². The maximum Gasteiger partial charge on any atom is 0.264 e. The van der Waals surface area contributed by atoms with Gasteiger partial charge >= 0.3 is 0 Å². The molecule has 6 heteroatoms. The van der Waals surface area contributed by atoms with Gasteiger partial charge in [0.05, 0.1) is 16.6 Å². The summed E-state index contributed by atoms with van der Waals surface area (Å²) < 4.78 is 33.2. The number of para-hydroxylation sites is 1. The molecule has 0 bridgehead atoms. The lowest BCUT2D eigenvalue weighted by Crippen LogP contribution is -2.26. The summed E-state index contributed by atoms with van der Waals surface area (Å²) in [7, 11) is -1.97. The molecule has 0 radical (unpaired) electrons. The Morgan fingerprint density at radius 2 is 1.89 bits per heavy atom. The van der Waals surface area contributed by atoms with E-state index < -0.39 is 10.0 Å². The number of unbranched alkanes of at least 4 members (excludes halogenated alkanes) is 1. The fourth-order valence-corrected chi connectivity index (χ4v) is 5.05. The van der Waals surface area contributed by atoms with Crippen molar-refractivity contribution < 1.29 is 13.2 Å². The molecule has 146 valence electrons. The van der Waals surface area contributed by atoms with Crippen LogP contribution in [0.4, 0.5) is 5.69 Å². The first-order valence-corrected chi connectivity index (χ1v) is 10.9. The van der Waals surface area contributed by atoms with Crippen LogP contribution in [0.5, 0.6) is 0 Å². The zero-order valence-corrected chi connectivity index (χ0v) is 17.1. The third kappa shape index (κ3) is 4.03. The molecule has 1 aliphatic heterocycles. The molecule has 3 rings (SSSR count). The van der Waals surface area contributed by atoms with Crippen molar-refractivity contribution in [2.24, 2.45) is 0 Å². The molecule has 2 aromatic rings. The van der Waals surface area contributed by atoms with Crippen LogP contribution in [-0.2, 0) is 14.8 Å². The summed E-state index contributed by atoms with van der Waals surface area (Å²) in [6.45, 7) is 6.20. The van der Waals surface area contributed by atoms with Crippen molar-refractivity contribution in [1.29, 1.82) is 0 Å². The third-order valence-corrected chi connectivity index (χ3v) is 6.80. The first kappa shape index (κ1) is 19.9. The number of hydrogen-bond acceptors (Lipinski definition) is 4. The minimum Gasteiger partial charge on any atom is -0.382 e. The van der Waals surface area contributed by atoms with Gasteiger partial charge in [0.1, 0.15) is 0 Å². The predicted octanol–water partition coefficient (Wildman–Crippen LogP) is 3.63. The van der Waals surface area contributed by atoms with Crippen molar-refractivity contribution in [3.63, 3.8) is 0 Å². The number of fused-ring (bicyclic) bond motifs is 2. The number of ether oxygens (including phenoxy) is 1. The molecule has 27 heavy (non-hydrogen) atoms. The van der Waals surface area contributed by atoms with Crippen molar-refractivity contribution in [2.75, 3.05) is 31.1 Å². The predicted molar refractivity (Wildman–Crippen MR) is 109 cm³/mol. The SMILES string of the molecule is CCOCCCCNC1c2ccccc2N(C)S(=O)(=O)c2cc(C)ccc21. The van der Waals surface area contributed by atoms with Crippen LogP contribution in [0.3, 0.4) is 0 Å². The summed E-state index contributed by atoms with van der Waals surface area (Å²) in [6.07, 6.45) is 1.95. The normalized spacial score (nSPS) is 17.9. The third-order valence-electron chi connectivity index (χ3n) is 4.97. The highest BCUT2D eigenvalue weighted by Gasteiger charge is 2.34. The summed E-state index contributed by atoms with van der Waals surface area (Å²) in [6, 6.07) is 13.2. The van der Waals surface area contributed by atoms with Crippen LogP contribution in [0, 0.1) is 6.92 Å². The van der Waals surface area contributed by atoms with Crippen LogP contribution in [0.15, 0.2) is 47.4 Å². The second kappa shape index (κ2) is 8.42. The van der Waals surface area contributed by atoms with Gasteiger partial charge in [-0.15, -0.1) is 0 Å². The van der Waals surface area contributed by atoms with Crippen molar-refractivity contribution in [1.82, 2.24) is 5.32 Å². The molecule has 1 heterocycles. The maximum absolute atomic E-state index is 13.2. The van der Waals surface area contributed by atoms with Crippen molar-refractivity contribution in [3.05, 3.63) is 59.2 Å². The average molecular weight is 389 g/mol. The Hall–Kier alpha value is -1.89. The summed E-state index contributed by atoms with van der Waals surface area (Å²) >= 11 is 0. The minimum absolute atomic E-state index is 0.163. The Morgan fingerprint density at radius 3 is 2.67 bits per heavy atom. The molecule has 0 saturated heterocycles. The highest BCUT2D eigenvalue weighted by atomic mass is 32.2. The molecule has 5 nitrogen and oxygen atoms in total. The lowest BCUT2D eigenvalue weighted by Gasteiger charge is -2.22. The smallest absolute Gasteiger partial charge is 0.264 e. The van der Waals surface area contributed by atoms with E-state index in [1.165, 1.54) is 4.31 Å². The largest absolute Gasteiger partial charge is 0.382 e. The van der Waals surface area contributed by atoms with E-state index in [-0.39, 0.29) is 6.04 Å². The first-order chi connectivity index (χ1) is 13.0. The van der Waals surface area contributed by atoms with Gasteiger partial charge in [-0.2, -0.15) is 0 Å². The van der Waals surface area contributed by atoms with Gasteiger partial charge in [0.2, 0.25) is 0 Å². The number of anilines is 1. The Labute approximate surface area is 162 Å². The zero-order chi connectivity index (χ0) is 19.4. The lowest BCUT2D eigenvalue weighted by molar-refractivity contribution is 0.143. The maximum atomic E-state index is 13.2. The van der Waals surface area contributed by atoms with Crippen LogP contribution in [0.25, 0.3) is 0 Å². The van der Waals surface area contributed by atoms with E-state index in [1.807, 2.05) is 50.2 Å². The standard InChI is InChI=1S/C21H28N2O3S/c1-4-26-14-8-7-13-22-21-17-9-5-6-10-19(17)23(3)27(24,25)20-15-16(2)11-12-18(20)21/h5-6,9-12,15,21-22H,4,7-8,13-14H2,1-3H3. The molecular formula is C21H28N2O3S. The molecule has 0 amide bonds. The van der Waals surface area contributed by atoms with Crippen molar-refractivity contribution in [2.45, 2.75) is 37.6 Å². The number of nitrogens with zero attached hydrogens (tertiary/aromatic N) is 1. The molecule has 0 fully saturated rings. The highest BCUT2D eigenvalue weighted by molar-refractivity contribution is 7.92. The van der Waals surface area contributed by atoms with Gasteiger partial charge in [-0.1, -0.05) is 30.3 Å². The summed E-state index contributed by atoms with van der Waals surface area (Å²) in [5.41, 5.74) is 3.45. The fraction of sp³-hybridized carbons (Fsp3) is 0.429. The quantitative estimate of drug-likeness (QED) is 0.736. The van der Waals surface area contributed by atoms with E-state index in [0.29, 0.717) is 4.90 Å². The molecule has 1 atom stereocenters. The zero-order valence-electron chi connectivity index (χ0n) is 16.2. The second-order valence-corrected chi connectivity index (χ2v) is 8.80. The Balaban J connectivity index is 1.98. The molecule has 1 N–H and O–H groups in total. The van der Waals surface area contributed by atoms with Gasteiger partial charge in [-0.05, 0) is 62.1 Å². The van der Waals surface area contributed by atoms with E-state index in [2.05, 4.69) is 5.32 Å². The van der Waals surface area contributed by atoms with Crippen LogP contribution < -0.4 is 9.62 Å². The Kier molecular flexibility index (Phi) is 6.19. The van der Waals surface area contributed by atoms with Gasteiger partial charge < -0.3 is 10.1 Å². The molecule has 2 aromatic carbocycles. The Morgan fingerprint density at radius 1 is 1.11 bits per heavy atom. The summed E-state index contributed by atoms with van der Waals surface area (Å²) in [5, 5.41) is 3.58. The summed E-state index contributed by atoms with van der Waals surface area (Å²) in [5.74, 6) is 0. The van der Waals surface area contributed by atoms with Crippen molar-refractivity contribution >= 4 is 15.7 Å². The van der Waals surface area contributed by atoms with Crippen LogP contribution in [0.2, 0.25) is 0 Å². The highest BCUT2D eigenvalue weighted by Crippen LogP contribution is 2.40. The fourth-order valence-electron chi connectivity index (χ4n) is 3.51. The number of hydrogen-bond donors (Lipinski definition) is 1. The van der Waals surface area contributed by atoms with Crippen LogP contribution in [-0.4, -0.2) is 35.2 Å². The lowest BCUT2D eigenvalue weighted by atomic mass is 9.96. The van der Waals surface area contributed by atoms with Gasteiger partial charge in [-0.3, -0.25) is 4.31 Å². The number of aryl methyl sites for hydroxylation is 1. The Bertz CT molecular complexity index is 896. The second-order valence-electron chi connectivity index (χ2n) is 6.86. The number of sulfonamides is 1. The van der Waals surface area contributed by atoms with Gasteiger partial charge in [0.15, 0.2) is 0 Å². The molecule has 0 aliphatic carbocycles. The van der Waals surface area contributed by atoms with Gasteiger partial charge in [-0.25, -0.2) is 8.42 Å². The monoisotopic (exact) mass is 388 g/mol. The van der Waals surface area contributed by atoms with E-state index in [9.17, 15) is 8.42 Å². The average Bonchev–Trinajstić information content (AvgIpc) is 2.73. The van der Waals surface area contributed by atoms with Gasteiger partial charge in [0.25, 0.3) is 10.0 Å². The molecule has 0 saturated carbocycles. The number of benzene rings is 2.